The Kier molecular flexibility index (Phi) is 2.83. The van der Waals surface area contributed by atoms with E-state index in [0.717, 1.165) is 25.0 Å². The molecule has 84 valence electrons. The Morgan fingerprint density at radius 2 is 2.13 bits per heavy atom. The van der Waals surface area contributed by atoms with Crippen molar-refractivity contribution in [1.82, 2.24) is 5.32 Å². The standard InChI is InChI=1S/C12H19NO2/c1-7(2)6-13-11-9-4-3-8(5-9)10(11)12(14)15/h8-11,13H,1,3-6H2,2H3,(H,14,15). The maximum atomic E-state index is 11.2. The van der Waals surface area contributed by atoms with Crippen molar-refractivity contribution in [2.45, 2.75) is 32.2 Å². The summed E-state index contributed by atoms with van der Waals surface area (Å²) in [5.41, 5.74) is 1.07. The number of nitrogens with one attached hydrogen (secondary N) is 1. The third-order valence-electron chi connectivity index (χ3n) is 3.84. The number of fused-ring (bicyclic) bond motifs is 2. The van der Waals surface area contributed by atoms with Crippen molar-refractivity contribution in [3.8, 4) is 0 Å². The Morgan fingerprint density at radius 1 is 1.47 bits per heavy atom. The maximum Gasteiger partial charge on any atom is 0.308 e. The predicted octanol–water partition coefficient (Wildman–Crippen LogP) is 1.65. The Balaban J connectivity index is 2.02. The quantitative estimate of drug-likeness (QED) is 0.692. The molecular formula is C12H19NO2. The van der Waals surface area contributed by atoms with Crippen molar-refractivity contribution < 1.29 is 9.90 Å². The highest BCUT2D eigenvalue weighted by atomic mass is 16.4. The fourth-order valence-corrected chi connectivity index (χ4v) is 3.23. The molecule has 3 heteroatoms. The molecule has 2 bridgehead atoms. The molecule has 2 N–H and O–H groups in total. The first-order valence-corrected chi connectivity index (χ1v) is 5.70. The zero-order valence-corrected chi connectivity index (χ0v) is 9.20. The largest absolute Gasteiger partial charge is 0.481 e. The average molecular weight is 209 g/mol. The van der Waals surface area contributed by atoms with Gasteiger partial charge in [0.2, 0.25) is 0 Å². The van der Waals surface area contributed by atoms with Gasteiger partial charge in [0, 0.05) is 12.6 Å². The molecule has 0 spiro atoms. The minimum absolute atomic E-state index is 0.164. The Bertz CT molecular complexity index is 287. The van der Waals surface area contributed by atoms with Crippen LogP contribution in [0.2, 0.25) is 0 Å². The molecule has 15 heavy (non-hydrogen) atoms. The van der Waals surface area contributed by atoms with E-state index in [0.29, 0.717) is 11.8 Å². The molecule has 4 unspecified atom stereocenters. The van der Waals surface area contributed by atoms with Crippen LogP contribution < -0.4 is 5.32 Å². The van der Waals surface area contributed by atoms with Crippen LogP contribution in [0, 0.1) is 17.8 Å². The molecule has 0 amide bonds. The van der Waals surface area contributed by atoms with E-state index in [9.17, 15) is 9.90 Å². The third-order valence-corrected chi connectivity index (χ3v) is 3.84. The SMILES string of the molecule is C=C(C)CNC1C2CCC(C2)C1C(=O)O. The molecule has 0 aliphatic heterocycles. The lowest BCUT2D eigenvalue weighted by molar-refractivity contribution is -0.144. The van der Waals surface area contributed by atoms with Crippen LogP contribution in [0.15, 0.2) is 12.2 Å². The number of aliphatic carboxylic acids is 1. The minimum Gasteiger partial charge on any atom is -0.481 e. The van der Waals surface area contributed by atoms with Gasteiger partial charge in [-0.1, -0.05) is 12.2 Å². The topological polar surface area (TPSA) is 49.3 Å². The summed E-state index contributed by atoms with van der Waals surface area (Å²) >= 11 is 0. The number of carboxylic acids is 1. The second-order valence-electron chi connectivity index (χ2n) is 5.06. The third kappa shape index (κ3) is 1.93. The van der Waals surface area contributed by atoms with Gasteiger partial charge >= 0.3 is 5.97 Å². The van der Waals surface area contributed by atoms with E-state index in [1.807, 2.05) is 6.92 Å². The molecule has 2 saturated carbocycles. The van der Waals surface area contributed by atoms with Gasteiger partial charge in [0.05, 0.1) is 5.92 Å². The highest BCUT2D eigenvalue weighted by Crippen LogP contribution is 2.48. The zero-order valence-electron chi connectivity index (χ0n) is 9.20. The summed E-state index contributed by atoms with van der Waals surface area (Å²) in [6.45, 7) is 6.55. The van der Waals surface area contributed by atoms with Crippen LogP contribution in [0.1, 0.15) is 26.2 Å². The van der Waals surface area contributed by atoms with Crippen molar-refractivity contribution in [3.63, 3.8) is 0 Å². The number of hydrogen-bond donors (Lipinski definition) is 2. The van der Waals surface area contributed by atoms with Gasteiger partial charge in [-0.25, -0.2) is 0 Å². The monoisotopic (exact) mass is 209 g/mol. The molecule has 2 fully saturated rings. The van der Waals surface area contributed by atoms with Crippen molar-refractivity contribution in [1.29, 1.82) is 0 Å². The highest BCUT2D eigenvalue weighted by molar-refractivity contribution is 5.72. The molecule has 4 atom stereocenters. The van der Waals surface area contributed by atoms with Crippen LogP contribution in [-0.2, 0) is 4.79 Å². The number of carbonyl (C=O) groups is 1. The first-order valence-electron chi connectivity index (χ1n) is 5.70. The van der Waals surface area contributed by atoms with Crippen molar-refractivity contribution in [3.05, 3.63) is 12.2 Å². The molecule has 0 heterocycles. The number of hydrogen-bond acceptors (Lipinski definition) is 2. The normalized spacial score (nSPS) is 38.2. The van der Waals surface area contributed by atoms with Gasteiger partial charge in [-0.15, -0.1) is 0 Å². The predicted molar refractivity (Wildman–Crippen MR) is 58.6 cm³/mol. The first kappa shape index (κ1) is 10.7. The van der Waals surface area contributed by atoms with E-state index < -0.39 is 5.97 Å². The summed E-state index contributed by atoms with van der Waals surface area (Å²) in [7, 11) is 0. The Hall–Kier alpha value is -0.830. The van der Waals surface area contributed by atoms with E-state index >= 15 is 0 Å². The van der Waals surface area contributed by atoms with Crippen molar-refractivity contribution >= 4 is 5.97 Å². The van der Waals surface area contributed by atoms with E-state index in [1.54, 1.807) is 0 Å². The van der Waals surface area contributed by atoms with Gasteiger partial charge in [0.25, 0.3) is 0 Å². The van der Waals surface area contributed by atoms with Gasteiger partial charge in [-0.05, 0) is 38.0 Å². The molecule has 2 aliphatic rings. The molecule has 0 aromatic heterocycles. The van der Waals surface area contributed by atoms with Crippen molar-refractivity contribution in [2.24, 2.45) is 17.8 Å². The van der Waals surface area contributed by atoms with E-state index in [4.69, 9.17) is 0 Å². The van der Waals surface area contributed by atoms with Crippen LogP contribution in [-0.4, -0.2) is 23.7 Å². The summed E-state index contributed by atoms with van der Waals surface area (Å²) in [4.78, 5) is 11.2. The molecule has 0 saturated heterocycles. The van der Waals surface area contributed by atoms with Gasteiger partial charge < -0.3 is 10.4 Å². The van der Waals surface area contributed by atoms with E-state index in [1.165, 1.54) is 6.42 Å². The molecule has 0 radical (unpaired) electrons. The fraction of sp³-hybridized carbons (Fsp3) is 0.750. The lowest BCUT2D eigenvalue weighted by Gasteiger charge is -2.29. The van der Waals surface area contributed by atoms with E-state index in [2.05, 4.69) is 11.9 Å². The van der Waals surface area contributed by atoms with Crippen LogP contribution in [0.4, 0.5) is 0 Å². The zero-order chi connectivity index (χ0) is 11.0. The van der Waals surface area contributed by atoms with Crippen LogP contribution in [0.5, 0.6) is 0 Å². The highest BCUT2D eigenvalue weighted by Gasteiger charge is 2.50. The average Bonchev–Trinajstić information content (AvgIpc) is 2.72. The summed E-state index contributed by atoms with van der Waals surface area (Å²) in [5, 5.41) is 12.6. The number of carboxylic acid groups (broad SMARTS) is 1. The second kappa shape index (κ2) is 3.97. The molecule has 3 nitrogen and oxygen atoms in total. The Labute approximate surface area is 90.6 Å². The van der Waals surface area contributed by atoms with E-state index in [-0.39, 0.29) is 12.0 Å². The van der Waals surface area contributed by atoms with Gasteiger partial charge in [0.15, 0.2) is 0 Å². The summed E-state index contributed by atoms with van der Waals surface area (Å²) in [5.74, 6) is 0.204. The van der Waals surface area contributed by atoms with Gasteiger partial charge in [-0.3, -0.25) is 4.79 Å². The number of rotatable bonds is 4. The lowest BCUT2D eigenvalue weighted by Crippen LogP contribution is -2.44. The smallest absolute Gasteiger partial charge is 0.308 e. The molecule has 2 aliphatic carbocycles. The minimum atomic E-state index is -0.624. The van der Waals surface area contributed by atoms with Gasteiger partial charge in [0.1, 0.15) is 0 Å². The van der Waals surface area contributed by atoms with Crippen molar-refractivity contribution in [2.75, 3.05) is 6.54 Å². The van der Waals surface area contributed by atoms with Crippen LogP contribution >= 0.6 is 0 Å². The fourth-order valence-electron chi connectivity index (χ4n) is 3.23. The second-order valence-corrected chi connectivity index (χ2v) is 5.06. The maximum absolute atomic E-state index is 11.2. The Morgan fingerprint density at radius 3 is 2.73 bits per heavy atom. The lowest BCUT2D eigenvalue weighted by atomic mass is 9.84. The molecule has 0 aromatic rings. The summed E-state index contributed by atoms with van der Waals surface area (Å²) in [6.07, 6.45) is 3.40. The molecular weight excluding hydrogens is 190 g/mol. The first-order chi connectivity index (χ1) is 7.09. The summed E-state index contributed by atoms with van der Waals surface area (Å²) < 4.78 is 0. The van der Waals surface area contributed by atoms with Crippen LogP contribution in [0.3, 0.4) is 0 Å². The summed E-state index contributed by atoms with van der Waals surface area (Å²) in [6, 6.07) is 0.179. The molecule has 2 rings (SSSR count). The molecule has 0 aromatic carbocycles. The van der Waals surface area contributed by atoms with Crippen LogP contribution in [0.25, 0.3) is 0 Å². The van der Waals surface area contributed by atoms with Gasteiger partial charge in [-0.2, -0.15) is 0 Å².